The Bertz CT molecular complexity index is 1840. The topological polar surface area (TPSA) is 3.24 Å². The molecule has 0 bridgehead atoms. The normalized spacial score (nSPS) is 64.7. The molecule has 12 fully saturated rings. The maximum absolute atomic E-state index is 3.72. The van der Waals surface area contributed by atoms with Gasteiger partial charge in [0.25, 0.3) is 0 Å². The monoisotopic (exact) mass is 623 g/mol. The standard InChI is InChI=1S/C32H42NP2.C5H5.Fe/c1-26(33(2)35(29-20-11-5-12-21-29)30-22-13-6-14-23-30)31-24-15-25-32(31)34(27-16-7-3-8-17-27)28-18-9-4-10-19-28;1-2-4-5-3-1;/h3-4,7-10,15-19,24-26,29-30H,5-6,11-14,20-23H2,1-2H3;1-5H;/t26-;;/m0../s1. The summed E-state index contributed by atoms with van der Waals surface area (Å²) in [5.74, 6) is 0. The van der Waals surface area contributed by atoms with Gasteiger partial charge in [0.15, 0.2) is 0 Å². The minimum atomic E-state index is -3.72. The molecule has 41 heavy (non-hydrogen) atoms. The molecule has 6 atom stereocenters. The van der Waals surface area contributed by atoms with Crippen molar-refractivity contribution in [2.24, 2.45) is 0 Å². The summed E-state index contributed by atoms with van der Waals surface area (Å²) >= 11 is 0. The van der Waals surface area contributed by atoms with Crippen LogP contribution in [0.25, 0.3) is 0 Å². The summed E-state index contributed by atoms with van der Waals surface area (Å²) in [6.07, 6.45) is 15.3. The van der Waals surface area contributed by atoms with Crippen LogP contribution in [0, 0.1) is 0 Å². The number of fused-ring (bicyclic) bond motifs is 10. The van der Waals surface area contributed by atoms with E-state index in [2.05, 4.69) is 79.3 Å². The summed E-state index contributed by atoms with van der Waals surface area (Å²) < 4.78 is 4.98. The van der Waals surface area contributed by atoms with Gasteiger partial charge in [-0.3, -0.25) is 0 Å². The van der Waals surface area contributed by atoms with Crippen molar-refractivity contribution in [3.63, 3.8) is 0 Å². The number of benzene rings is 2. The number of nitrogens with zero attached hydrogens (tertiary/aromatic N) is 1. The number of rotatable bonds is 8. The first-order chi connectivity index (χ1) is 19.9. The van der Waals surface area contributed by atoms with Crippen molar-refractivity contribution in [1.82, 2.24) is 4.67 Å². The Balaban J connectivity index is 0.994. The van der Waals surface area contributed by atoms with E-state index in [0.29, 0.717) is 0 Å². The van der Waals surface area contributed by atoms with Crippen LogP contribution in [0.3, 0.4) is 0 Å². The summed E-state index contributed by atoms with van der Waals surface area (Å²) in [4.78, 5) is 10.8. The molecule has 0 N–H and O–H groups in total. The molecule has 2 aromatic rings. The van der Waals surface area contributed by atoms with Gasteiger partial charge in [-0.2, -0.15) is 0 Å². The van der Waals surface area contributed by atoms with Gasteiger partial charge in [-0.1, -0.05) is 0 Å². The summed E-state index contributed by atoms with van der Waals surface area (Å²) in [5.41, 5.74) is 2.09. The molecule has 14 rings (SSSR count). The van der Waals surface area contributed by atoms with Gasteiger partial charge >= 0.3 is 241 Å². The second-order valence-electron chi connectivity index (χ2n) is 19.0. The first-order valence-electron chi connectivity index (χ1n) is 17.6. The second-order valence-corrected chi connectivity index (χ2v) is 47.9. The zero-order valence-electron chi connectivity index (χ0n) is 24.9. The fraction of sp³-hybridized carbons (Fsp3) is 0.676. The zero-order valence-corrected chi connectivity index (χ0v) is 27.8. The predicted octanol–water partition coefficient (Wildman–Crippen LogP) is 10.2. The average Bonchev–Trinajstić information content (AvgIpc) is 3.98. The third-order valence-corrected chi connectivity index (χ3v) is 76.5. The number of hydrogen-bond donors (Lipinski definition) is 0. The van der Waals surface area contributed by atoms with Crippen molar-refractivity contribution in [3.05, 3.63) is 60.7 Å². The Labute approximate surface area is 239 Å². The van der Waals surface area contributed by atoms with E-state index < -0.39 is 6.51 Å². The first-order valence-corrected chi connectivity index (χ1v) is 26.5. The van der Waals surface area contributed by atoms with Crippen molar-refractivity contribution >= 4 is 26.6 Å². The van der Waals surface area contributed by atoms with Crippen molar-refractivity contribution in [1.29, 1.82) is 0 Å². The molecule has 4 unspecified atom stereocenters. The number of hydrogen-bond acceptors (Lipinski definition) is 1. The molecule has 10 aliphatic heterocycles. The van der Waals surface area contributed by atoms with E-state index >= 15 is 0 Å². The van der Waals surface area contributed by atoms with Crippen molar-refractivity contribution < 1.29 is 6.51 Å². The molecule has 10 saturated heterocycles. The minimum absolute atomic E-state index is 0.000603. The van der Waals surface area contributed by atoms with Gasteiger partial charge in [0, 0.05) is 0 Å². The molecular weight excluding hydrogens is 576 g/mol. The maximum atomic E-state index is 3.30. The Morgan fingerprint density at radius 1 is 0.659 bits per heavy atom. The van der Waals surface area contributed by atoms with Gasteiger partial charge < -0.3 is 0 Å². The van der Waals surface area contributed by atoms with Crippen LogP contribution in [0.5, 0.6) is 0 Å². The van der Waals surface area contributed by atoms with E-state index in [-0.39, 0.29) is 16.0 Å². The summed E-state index contributed by atoms with van der Waals surface area (Å²) in [5, 5.41) is 3.55. The van der Waals surface area contributed by atoms with Crippen LogP contribution in [0.15, 0.2) is 60.7 Å². The van der Waals surface area contributed by atoms with Crippen LogP contribution in [0.2, 0.25) is 42.8 Å². The molecule has 10 heterocycles. The molecule has 1 nitrogen and oxygen atoms in total. The Morgan fingerprint density at radius 3 is 1.54 bits per heavy atom. The van der Waals surface area contributed by atoms with Gasteiger partial charge in [0.05, 0.1) is 0 Å². The summed E-state index contributed by atoms with van der Waals surface area (Å²) in [7, 11) is 2.51. The quantitative estimate of drug-likeness (QED) is 0.209. The predicted molar refractivity (Wildman–Crippen MR) is 172 cm³/mol. The molecule has 0 amide bonds. The molecule has 4 heteroatoms. The SMILES string of the molecule is C[C@H](N(C)P(C1CCCCC1)C1CCCCC1)[C@]12[CH]3[CH]4[CH]5[C]1(P(c1ccccc1)c1ccccc1)[Fe]45321678[CH]2[CH]1[CH]6[CH]7[CH]28. The van der Waals surface area contributed by atoms with Crippen molar-refractivity contribution in [2.75, 3.05) is 7.05 Å². The Hall–Kier alpha value is -0.221. The van der Waals surface area contributed by atoms with Crippen LogP contribution in [-0.2, 0) is 6.51 Å². The zero-order chi connectivity index (χ0) is 26.7. The molecule has 0 radical (unpaired) electrons. The van der Waals surface area contributed by atoms with Crippen LogP contribution in [-0.4, -0.2) is 33.1 Å². The molecule has 2 aromatic carbocycles. The van der Waals surface area contributed by atoms with E-state index in [0.717, 1.165) is 25.7 Å². The van der Waals surface area contributed by atoms with E-state index in [1.165, 1.54) is 77.1 Å². The van der Waals surface area contributed by atoms with Gasteiger partial charge in [-0.25, -0.2) is 0 Å². The van der Waals surface area contributed by atoms with Gasteiger partial charge in [-0.15, -0.1) is 0 Å². The molecule has 0 aromatic heterocycles. The second kappa shape index (κ2) is 3.84. The Morgan fingerprint density at radius 2 is 1.12 bits per heavy atom. The third kappa shape index (κ3) is 0.653. The molecule has 218 valence electrons. The van der Waals surface area contributed by atoms with E-state index in [1.54, 1.807) is 36.3 Å². The molecule has 12 aliphatic rings. The molecule has 2 saturated carbocycles. The van der Waals surface area contributed by atoms with Gasteiger partial charge in [0.2, 0.25) is 0 Å². The van der Waals surface area contributed by atoms with Crippen LogP contribution in [0.1, 0.15) is 71.1 Å². The molecular formula is C37H47FeNP2. The first kappa shape index (κ1) is 22.3. The fourth-order valence-corrected chi connectivity index (χ4v) is 120. The van der Waals surface area contributed by atoms with Gasteiger partial charge in [0.1, 0.15) is 0 Å². The van der Waals surface area contributed by atoms with Crippen molar-refractivity contribution in [2.45, 2.75) is 135 Å². The van der Waals surface area contributed by atoms with Crippen LogP contribution < -0.4 is 10.6 Å². The molecule has 2 aliphatic carbocycles. The van der Waals surface area contributed by atoms with E-state index in [1.807, 2.05) is 0 Å². The summed E-state index contributed by atoms with van der Waals surface area (Å²) in [6, 6.07) is 25.4. The van der Waals surface area contributed by atoms with Crippen LogP contribution in [0.4, 0.5) is 0 Å². The van der Waals surface area contributed by atoms with Crippen molar-refractivity contribution in [3.8, 4) is 0 Å². The van der Waals surface area contributed by atoms with E-state index in [4.69, 9.17) is 0 Å². The fourth-order valence-electron chi connectivity index (χ4n) is 24.1. The van der Waals surface area contributed by atoms with E-state index in [9.17, 15) is 0 Å². The average molecular weight is 624 g/mol. The molecule has 1 spiro atoms. The summed E-state index contributed by atoms with van der Waals surface area (Å²) in [6.45, 7) is -0.805. The van der Waals surface area contributed by atoms with Crippen LogP contribution >= 0.6 is 16.0 Å². The Kier molecular flexibility index (Phi) is 2.09. The van der Waals surface area contributed by atoms with Gasteiger partial charge in [-0.05, 0) is 0 Å². The third-order valence-electron chi connectivity index (χ3n) is 22.7.